The van der Waals surface area contributed by atoms with Crippen molar-refractivity contribution in [1.82, 2.24) is 0 Å². The van der Waals surface area contributed by atoms with Crippen LogP contribution in [0.5, 0.6) is 5.75 Å². The van der Waals surface area contributed by atoms with Gasteiger partial charge in [0.05, 0.1) is 15.1 Å². The minimum Gasteiger partial charge on any atom is -0.479 e. The lowest BCUT2D eigenvalue weighted by Gasteiger charge is -2.05. The molecule has 0 bridgehead atoms. The van der Waals surface area contributed by atoms with Gasteiger partial charge in [0, 0.05) is 6.07 Å². The van der Waals surface area contributed by atoms with Gasteiger partial charge in [-0.1, -0.05) is 40.7 Å². The molecule has 0 heterocycles. The van der Waals surface area contributed by atoms with Crippen molar-refractivity contribution < 1.29 is 4.74 Å². The zero-order valence-electron chi connectivity index (χ0n) is 6.48. The third-order valence-electron chi connectivity index (χ3n) is 1.29. The molecule has 4 heteroatoms. The Hall–Kier alpha value is -0.550. The van der Waals surface area contributed by atoms with Gasteiger partial charge >= 0.3 is 0 Å². The first-order valence-corrected chi connectivity index (χ1v) is 4.49. The smallest absolute Gasteiger partial charge is 0.148 e. The maximum atomic E-state index is 5.80. The lowest BCUT2D eigenvalue weighted by Crippen LogP contribution is -1.94. The summed E-state index contributed by atoms with van der Waals surface area (Å²) >= 11 is 17.3. The summed E-state index contributed by atoms with van der Waals surface area (Å²) in [7, 11) is 0. The molecule has 1 aromatic rings. The molecular weight excluding hydrogens is 230 g/mol. The fourth-order valence-electron chi connectivity index (χ4n) is 0.734. The molecule has 1 aromatic carbocycles. The van der Waals surface area contributed by atoms with E-state index in [1.807, 2.05) is 0 Å². The highest BCUT2D eigenvalue weighted by Crippen LogP contribution is 2.33. The van der Waals surface area contributed by atoms with E-state index in [2.05, 4.69) is 5.92 Å². The highest BCUT2D eigenvalue weighted by molar-refractivity contribution is 6.43. The van der Waals surface area contributed by atoms with E-state index >= 15 is 0 Å². The number of hydrogen-bond acceptors (Lipinski definition) is 1. The predicted octanol–water partition coefficient (Wildman–Crippen LogP) is 3.66. The molecule has 0 fully saturated rings. The van der Waals surface area contributed by atoms with Crippen molar-refractivity contribution in [3.8, 4) is 18.1 Å². The van der Waals surface area contributed by atoms with E-state index in [-0.39, 0.29) is 6.61 Å². The first kappa shape index (κ1) is 10.5. The quantitative estimate of drug-likeness (QED) is 0.561. The van der Waals surface area contributed by atoms with Gasteiger partial charge in [-0.05, 0) is 6.07 Å². The normalized spacial score (nSPS) is 9.38. The van der Waals surface area contributed by atoms with Gasteiger partial charge in [0.2, 0.25) is 0 Å². The van der Waals surface area contributed by atoms with Crippen LogP contribution in [-0.2, 0) is 0 Å². The summed E-state index contributed by atoms with van der Waals surface area (Å²) in [6.07, 6.45) is 5.02. The molecule has 0 radical (unpaired) electrons. The van der Waals surface area contributed by atoms with Gasteiger partial charge in [-0.15, -0.1) is 6.42 Å². The zero-order valence-corrected chi connectivity index (χ0v) is 8.75. The number of terminal acetylenes is 1. The maximum Gasteiger partial charge on any atom is 0.148 e. The number of rotatable bonds is 2. The van der Waals surface area contributed by atoms with Crippen LogP contribution in [0.25, 0.3) is 0 Å². The molecule has 0 N–H and O–H groups in total. The van der Waals surface area contributed by atoms with E-state index in [0.29, 0.717) is 20.8 Å². The molecule has 0 aliphatic carbocycles. The Balaban J connectivity index is 2.96. The van der Waals surface area contributed by atoms with Crippen LogP contribution in [0.15, 0.2) is 12.1 Å². The molecule has 0 saturated heterocycles. The van der Waals surface area contributed by atoms with E-state index in [0.717, 1.165) is 0 Å². The lowest BCUT2D eigenvalue weighted by atomic mass is 10.3. The predicted molar refractivity (Wildman–Crippen MR) is 55.8 cm³/mol. The fraction of sp³-hybridized carbons (Fsp3) is 0.111. The van der Waals surface area contributed by atoms with Crippen molar-refractivity contribution in [2.45, 2.75) is 0 Å². The molecule has 0 atom stereocenters. The van der Waals surface area contributed by atoms with Gasteiger partial charge < -0.3 is 4.74 Å². The molecule has 0 saturated carbocycles. The SMILES string of the molecule is C#CCOc1cc(Cl)c(Cl)cc1Cl. The molecule has 0 amide bonds. The molecule has 0 aromatic heterocycles. The van der Waals surface area contributed by atoms with Crippen molar-refractivity contribution >= 4 is 34.8 Å². The molecular formula is C9H5Cl3O. The first-order valence-electron chi connectivity index (χ1n) is 3.36. The molecule has 1 nitrogen and oxygen atoms in total. The highest BCUT2D eigenvalue weighted by atomic mass is 35.5. The van der Waals surface area contributed by atoms with Gasteiger partial charge in [0.25, 0.3) is 0 Å². The first-order chi connectivity index (χ1) is 6.15. The molecule has 1 rings (SSSR count). The third kappa shape index (κ3) is 2.70. The summed E-state index contributed by atoms with van der Waals surface area (Å²) < 4.78 is 5.11. The second-order valence-corrected chi connectivity index (χ2v) is 3.41. The number of halogens is 3. The lowest BCUT2D eigenvalue weighted by molar-refractivity contribution is 0.370. The van der Waals surface area contributed by atoms with E-state index in [1.54, 1.807) is 0 Å². The van der Waals surface area contributed by atoms with Crippen molar-refractivity contribution in [3.05, 3.63) is 27.2 Å². The Morgan fingerprint density at radius 1 is 1.15 bits per heavy atom. The van der Waals surface area contributed by atoms with Crippen LogP contribution in [0.2, 0.25) is 15.1 Å². The molecule has 0 aliphatic heterocycles. The third-order valence-corrected chi connectivity index (χ3v) is 2.30. The summed E-state index contributed by atoms with van der Waals surface area (Å²) in [4.78, 5) is 0. The topological polar surface area (TPSA) is 9.23 Å². The standard InChI is InChI=1S/C9H5Cl3O/c1-2-3-13-9-5-7(11)6(10)4-8(9)12/h1,4-5H,3H2. The van der Waals surface area contributed by atoms with Crippen LogP contribution < -0.4 is 4.74 Å². The van der Waals surface area contributed by atoms with Crippen LogP contribution >= 0.6 is 34.8 Å². The Morgan fingerprint density at radius 3 is 2.38 bits per heavy atom. The van der Waals surface area contributed by atoms with Crippen LogP contribution in [0.1, 0.15) is 0 Å². The largest absolute Gasteiger partial charge is 0.479 e. The minimum absolute atomic E-state index is 0.150. The van der Waals surface area contributed by atoms with Crippen molar-refractivity contribution in [2.75, 3.05) is 6.61 Å². The molecule has 0 unspecified atom stereocenters. The van der Waals surface area contributed by atoms with Crippen LogP contribution in [0, 0.1) is 12.3 Å². The average Bonchev–Trinajstić information content (AvgIpc) is 2.09. The fourth-order valence-corrected chi connectivity index (χ4v) is 1.33. The second kappa shape index (κ2) is 4.62. The number of benzene rings is 1. The van der Waals surface area contributed by atoms with Gasteiger partial charge in [-0.25, -0.2) is 0 Å². The van der Waals surface area contributed by atoms with Gasteiger partial charge in [-0.2, -0.15) is 0 Å². The van der Waals surface area contributed by atoms with Crippen LogP contribution in [-0.4, -0.2) is 6.61 Å². The summed E-state index contributed by atoms with van der Waals surface area (Å²) in [5.74, 6) is 2.76. The van der Waals surface area contributed by atoms with Gasteiger partial charge in [-0.3, -0.25) is 0 Å². The Bertz CT molecular complexity index is 355. The van der Waals surface area contributed by atoms with Crippen LogP contribution in [0.4, 0.5) is 0 Å². The summed E-state index contributed by atoms with van der Waals surface area (Å²) in [6, 6.07) is 3.04. The zero-order chi connectivity index (χ0) is 9.84. The molecule has 0 aliphatic rings. The Labute approximate surface area is 91.5 Å². The minimum atomic E-state index is 0.150. The van der Waals surface area contributed by atoms with E-state index in [1.165, 1.54) is 12.1 Å². The van der Waals surface area contributed by atoms with Gasteiger partial charge in [0.15, 0.2) is 0 Å². The van der Waals surface area contributed by atoms with Crippen molar-refractivity contribution in [2.24, 2.45) is 0 Å². The Morgan fingerprint density at radius 2 is 1.77 bits per heavy atom. The van der Waals surface area contributed by atoms with E-state index in [9.17, 15) is 0 Å². The van der Waals surface area contributed by atoms with Crippen molar-refractivity contribution in [3.63, 3.8) is 0 Å². The molecule has 0 spiro atoms. The van der Waals surface area contributed by atoms with E-state index in [4.69, 9.17) is 46.0 Å². The number of hydrogen-bond donors (Lipinski definition) is 0. The highest BCUT2D eigenvalue weighted by Gasteiger charge is 2.05. The summed E-state index contributed by atoms with van der Waals surface area (Å²) in [6.45, 7) is 0.150. The maximum absolute atomic E-state index is 5.80. The second-order valence-electron chi connectivity index (χ2n) is 2.19. The Kier molecular flexibility index (Phi) is 3.74. The van der Waals surface area contributed by atoms with Crippen LogP contribution in [0.3, 0.4) is 0 Å². The summed E-state index contributed by atoms with van der Waals surface area (Å²) in [5, 5.41) is 1.17. The van der Waals surface area contributed by atoms with Gasteiger partial charge in [0.1, 0.15) is 12.4 Å². The number of ether oxygens (including phenoxy) is 1. The van der Waals surface area contributed by atoms with E-state index < -0.39 is 0 Å². The molecule has 13 heavy (non-hydrogen) atoms. The van der Waals surface area contributed by atoms with Crippen molar-refractivity contribution in [1.29, 1.82) is 0 Å². The average molecular weight is 235 g/mol. The monoisotopic (exact) mass is 234 g/mol. The molecule has 68 valence electrons. The summed E-state index contributed by atoms with van der Waals surface area (Å²) in [5.41, 5.74) is 0.